The van der Waals surface area contributed by atoms with E-state index < -0.39 is 0 Å². The average molecular weight is 356 g/mol. The van der Waals surface area contributed by atoms with Gasteiger partial charge in [0, 0.05) is 0 Å². The summed E-state index contributed by atoms with van der Waals surface area (Å²) in [4.78, 5) is 1.61. The van der Waals surface area contributed by atoms with Crippen molar-refractivity contribution in [3.05, 3.63) is 56.5 Å². The van der Waals surface area contributed by atoms with Crippen molar-refractivity contribution in [1.29, 1.82) is 0 Å². The Morgan fingerprint density at radius 1 is 0.556 bits per heavy atom. The molecule has 0 N–H and O–H groups in total. The lowest BCUT2D eigenvalue weighted by molar-refractivity contribution is 1.46. The molecule has 0 amide bonds. The Morgan fingerprint density at radius 2 is 0.833 bits per heavy atom. The Balaban J connectivity index is 2.22. The van der Waals surface area contributed by atoms with Crippen molar-refractivity contribution in [2.75, 3.05) is 0 Å². The SMILES string of the molecule is Clc1cccc(Cl)c1SSc1c(Cl)cccc1Cl. The molecule has 0 radical (unpaired) electrons. The largest absolute Gasteiger partial charge is 0.0830 e. The molecule has 0 spiro atoms. The highest BCUT2D eigenvalue weighted by atomic mass is 35.5. The Labute approximate surface area is 133 Å². The molecular formula is C12H6Cl4S2. The van der Waals surface area contributed by atoms with Crippen LogP contribution in [0.4, 0.5) is 0 Å². The number of rotatable bonds is 3. The van der Waals surface area contributed by atoms with Crippen LogP contribution < -0.4 is 0 Å². The molecule has 0 bridgehead atoms. The van der Waals surface area contributed by atoms with E-state index >= 15 is 0 Å². The second kappa shape index (κ2) is 6.65. The van der Waals surface area contributed by atoms with Gasteiger partial charge in [0.25, 0.3) is 0 Å². The van der Waals surface area contributed by atoms with Gasteiger partial charge in [-0.05, 0) is 45.9 Å². The van der Waals surface area contributed by atoms with E-state index in [2.05, 4.69) is 0 Å². The van der Waals surface area contributed by atoms with Crippen LogP contribution in [0.5, 0.6) is 0 Å². The van der Waals surface area contributed by atoms with Crippen molar-refractivity contribution in [3.63, 3.8) is 0 Å². The summed E-state index contributed by atoms with van der Waals surface area (Å²) in [7, 11) is 2.88. The molecule has 6 heteroatoms. The molecule has 94 valence electrons. The molecule has 0 nitrogen and oxygen atoms in total. The van der Waals surface area contributed by atoms with E-state index in [1.165, 1.54) is 21.6 Å². The third-order valence-electron chi connectivity index (χ3n) is 2.05. The van der Waals surface area contributed by atoms with Gasteiger partial charge in [0.1, 0.15) is 0 Å². The van der Waals surface area contributed by atoms with E-state index in [0.29, 0.717) is 20.1 Å². The van der Waals surface area contributed by atoms with E-state index in [1.54, 1.807) is 24.3 Å². The number of hydrogen-bond acceptors (Lipinski definition) is 2. The fraction of sp³-hybridized carbons (Fsp3) is 0. The van der Waals surface area contributed by atoms with Crippen LogP contribution in [0.15, 0.2) is 46.2 Å². The van der Waals surface area contributed by atoms with E-state index in [1.807, 2.05) is 12.1 Å². The minimum Gasteiger partial charge on any atom is -0.0830 e. The predicted octanol–water partition coefficient (Wildman–Crippen LogP) is 7.10. The lowest BCUT2D eigenvalue weighted by Crippen LogP contribution is -1.77. The van der Waals surface area contributed by atoms with Gasteiger partial charge in [-0.2, -0.15) is 0 Å². The van der Waals surface area contributed by atoms with Gasteiger partial charge in [-0.3, -0.25) is 0 Å². The molecule has 2 aromatic carbocycles. The second-order valence-electron chi connectivity index (χ2n) is 3.27. The average Bonchev–Trinajstić information content (AvgIpc) is 2.31. The molecule has 2 rings (SSSR count). The first kappa shape index (κ1) is 14.7. The standard InChI is InChI=1S/C12H6Cl4S2/c13-7-3-1-4-8(14)11(7)17-18-12-9(15)5-2-6-10(12)16/h1-6H. The molecule has 0 atom stereocenters. The Kier molecular flexibility index (Phi) is 5.43. The molecule has 0 fully saturated rings. The zero-order valence-corrected chi connectivity index (χ0v) is 13.4. The van der Waals surface area contributed by atoms with Crippen LogP contribution in [-0.2, 0) is 0 Å². The molecule has 0 aliphatic heterocycles. The zero-order valence-electron chi connectivity index (χ0n) is 8.79. The monoisotopic (exact) mass is 354 g/mol. The van der Waals surface area contributed by atoms with Crippen LogP contribution >= 0.6 is 68.0 Å². The fourth-order valence-electron chi connectivity index (χ4n) is 1.21. The van der Waals surface area contributed by atoms with Gasteiger partial charge in [-0.15, -0.1) is 0 Å². The van der Waals surface area contributed by atoms with Crippen molar-refractivity contribution in [2.24, 2.45) is 0 Å². The molecule has 0 aliphatic carbocycles. The highest BCUT2D eigenvalue weighted by molar-refractivity contribution is 8.76. The third kappa shape index (κ3) is 3.44. The number of halogens is 4. The van der Waals surface area contributed by atoms with Crippen LogP contribution in [0.2, 0.25) is 20.1 Å². The van der Waals surface area contributed by atoms with Gasteiger partial charge in [0.2, 0.25) is 0 Å². The first-order chi connectivity index (χ1) is 8.59. The smallest absolute Gasteiger partial charge is 0.0565 e. The zero-order chi connectivity index (χ0) is 13.1. The Bertz CT molecular complexity index is 480. The van der Waals surface area contributed by atoms with Crippen LogP contribution in [0, 0.1) is 0 Å². The second-order valence-corrected chi connectivity index (χ2v) is 7.05. The first-order valence-corrected chi connectivity index (χ1v) is 8.48. The predicted molar refractivity (Wildman–Crippen MR) is 84.6 cm³/mol. The van der Waals surface area contributed by atoms with Gasteiger partial charge in [0.05, 0.1) is 29.9 Å². The molecule has 0 saturated heterocycles. The molecule has 0 aliphatic rings. The van der Waals surface area contributed by atoms with Gasteiger partial charge in [-0.1, -0.05) is 58.5 Å². The van der Waals surface area contributed by atoms with E-state index in [9.17, 15) is 0 Å². The summed E-state index contributed by atoms with van der Waals surface area (Å²) in [5, 5.41) is 2.46. The van der Waals surface area contributed by atoms with Gasteiger partial charge in [0.15, 0.2) is 0 Å². The van der Waals surface area contributed by atoms with Gasteiger partial charge in [-0.25, -0.2) is 0 Å². The molecular weight excluding hydrogens is 350 g/mol. The van der Waals surface area contributed by atoms with E-state index in [0.717, 1.165) is 9.79 Å². The molecule has 18 heavy (non-hydrogen) atoms. The molecule has 0 unspecified atom stereocenters. The lowest BCUT2D eigenvalue weighted by atomic mass is 10.4. The quantitative estimate of drug-likeness (QED) is 0.538. The van der Waals surface area contributed by atoms with Crippen molar-refractivity contribution in [3.8, 4) is 0 Å². The summed E-state index contributed by atoms with van der Waals surface area (Å²) < 4.78 is 0. The summed E-state index contributed by atoms with van der Waals surface area (Å²) in [6, 6.07) is 10.8. The highest BCUT2D eigenvalue weighted by Gasteiger charge is 2.11. The molecule has 2 aromatic rings. The van der Waals surface area contributed by atoms with Gasteiger partial charge < -0.3 is 0 Å². The number of benzene rings is 2. The third-order valence-corrected chi connectivity index (χ3v) is 6.30. The molecule has 0 saturated carbocycles. The summed E-state index contributed by atoms with van der Waals surface area (Å²) >= 11 is 24.4. The van der Waals surface area contributed by atoms with Crippen molar-refractivity contribution >= 4 is 68.0 Å². The van der Waals surface area contributed by atoms with Crippen molar-refractivity contribution in [1.82, 2.24) is 0 Å². The maximum Gasteiger partial charge on any atom is 0.0565 e. The van der Waals surface area contributed by atoms with Crippen LogP contribution in [-0.4, -0.2) is 0 Å². The molecule has 0 heterocycles. The summed E-state index contributed by atoms with van der Waals surface area (Å²) in [5.41, 5.74) is 0. The summed E-state index contributed by atoms with van der Waals surface area (Å²) in [6.45, 7) is 0. The van der Waals surface area contributed by atoms with Crippen molar-refractivity contribution < 1.29 is 0 Å². The topological polar surface area (TPSA) is 0 Å². The number of hydrogen-bond donors (Lipinski definition) is 0. The maximum atomic E-state index is 6.09. The summed E-state index contributed by atoms with van der Waals surface area (Å²) in [5.74, 6) is 0. The van der Waals surface area contributed by atoms with Crippen LogP contribution in [0.1, 0.15) is 0 Å². The van der Waals surface area contributed by atoms with E-state index in [4.69, 9.17) is 46.4 Å². The minimum absolute atomic E-state index is 0.614. The maximum absolute atomic E-state index is 6.09. The van der Waals surface area contributed by atoms with Gasteiger partial charge >= 0.3 is 0 Å². The van der Waals surface area contributed by atoms with Crippen LogP contribution in [0.25, 0.3) is 0 Å². The van der Waals surface area contributed by atoms with E-state index in [-0.39, 0.29) is 0 Å². The Morgan fingerprint density at radius 3 is 1.11 bits per heavy atom. The highest BCUT2D eigenvalue weighted by Crippen LogP contribution is 2.47. The molecule has 0 aromatic heterocycles. The minimum atomic E-state index is 0.614. The van der Waals surface area contributed by atoms with Crippen molar-refractivity contribution in [2.45, 2.75) is 9.79 Å². The summed E-state index contributed by atoms with van der Waals surface area (Å²) in [6.07, 6.45) is 0. The van der Waals surface area contributed by atoms with Crippen LogP contribution in [0.3, 0.4) is 0 Å². The first-order valence-electron chi connectivity index (χ1n) is 4.82. The normalized spacial score (nSPS) is 10.7. The lowest BCUT2D eigenvalue weighted by Gasteiger charge is -2.08. The Hall–Kier alpha value is 0.300. The fourth-order valence-corrected chi connectivity index (χ4v) is 5.35.